The van der Waals surface area contributed by atoms with Crippen LogP contribution in [0, 0.1) is 11.3 Å². The van der Waals surface area contributed by atoms with E-state index in [0.717, 1.165) is 10.2 Å². The lowest BCUT2D eigenvalue weighted by atomic mass is 10.1. The summed E-state index contributed by atoms with van der Waals surface area (Å²) in [6, 6.07) is 12.9. The number of benzene rings is 2. The molecule has 2 aromatic rings. The highest BCUT2D eigenvalue weighted by Crippen LogP contribution is 2.27. The number of ether oxygens (including phenoxy) is 1. The van der Waals surface area contributed by atoms with E-state index < -0.39 is 0 Å². The van der Waals surface area contributed by atoms with E-state index in [1.165, 1.54) is 0 Å². The van der Waals surface area contributed by atoms with Gasteiger partial charge in [0.1, 0.15) is 11.8 Å². The third-order valence-corrected chi connectivity index (χ3v) is 5.07. The molecule has 0 saturated carbocycles. The molecule has 26 heavy (non-hydrogen) atoms. The molecule has 1 aliphatic rings. The molecule has 1 saturated heterocycles. The molecule has 0 unspecified atom stereocenters. The van der Waals surface area contributed by atoms with Crippen molar-refractivity contribution in [2.45, 2.75) is 0 Å². The second-order valence-corrected chi connectivity index (χ2v) is 6.87. The number of piperazine rings is 1. The summed E-state index contributed by atoms with van der Waals surface area (Å²) in [6.45, 7) is 2.53. The maximum atomic E-state index is 12.7. The van der Waals surface area contributed by atoms with Gasteiger partial charge in [-0.2, -0.15) is 5.26 Å². The van der Waals surface area contributed by atoms with Gasteiger partial charge in [-0.25, -0.2) is 0 Å². The molecule has 0 atom stereocenters. The maximum Gasteiger partial charge on any atom is 0.254 e. The van der Waals surface area contributed by atoms with Gasteiger partial charge in [-0.05, 0) is 52.3 Å². The summed E-state index contributed by atoms with van der Waals surface area (Å²) in [6.07, 6.45) is 0. The summed E-state index contributed by atoms with van der Waals surface area (Å²) in [4.78, 5) is 16.7. The van der Waals surface area contributed by atoms with Gasteiger partial charge in [-0.3, -0.25) is 4.79 Å². The molecule has 0 aromatic heterocycles. The Kier molecular flexibility index (Phi) is 5.33. The zero-order valence-electron chi connectivity index (χ0n) is 14.4. The molecule has 7 heteroatoms. The van der Waals surface area contributed by atoms with Gasteiger partial charge in [-0.15, -0.1) is 0 Å². The molecule has 6 nitrogen and oxygen atoms in total. The van der Waals surface area contributed by atoms with E-state index >= 15 is 0 Å². The van der Waals surface area contributed by atoms with Gasteiger partial charge in [0.25, 0.3) is 5.91 Å². The molecule has 0 radical (unpaired) electrons. The highest BCUT2D eigenvalue weighted by molar-refractivity contribution is 9.10. The number of nitriles is 1. The number of nitrogens with zero attached hydrogens (tertiary/aromatic N) is 3. The van der Waals surface area contributed by atoms with E-state index in [-0.39, 0.29) is 5.91 Å². The molecule has 1 heterocycles. The predicted molar refractivity (Wildman–Crippen MR) is 104 cm³/mol. The zero-order valence-corrected chi connectivity index (χ0v) is 16.0. The van der Waals surface area contributed by atoms with Crippen molar-refractivity contribution < 1.29 is 9.53 Å². The Morgan fingerprint density at radius 1 is 1.19 bits per heavy atom. The van der Waals surface area contributed by atoms with Gasteiger partial charge in [0.05, 0.1) is 22.8 Å². The molecule has 2 N–H and O–H groups in total. The summed E-state index contributed by atoms with van der Waals surface area (Å²) in [5.41, 5.74) is 8.37. The molecule has 2 aromatic carbocycles. The van der Waals surface area contributed by atoms with E-state index in [4.69, 9.17) is 10.5 Å². The Hall–Kier alpha value is -2.72. The van der Waals surface area contributed by atoms with Crippen LogP contribution in [-0.4, -0.2) is 44.1 Å². The Bertz CT molecular complexity index is 870. The van der Waals surface area contributed by atoms with Crippen molar-refractivity contribution in [3.63, 3.8) is 0 Å². The number of methoxy groups -OCH3 is 1. The van der Waals surface area contributed by atoms with Crippen LogP contribution in [0.5, 0.6) is 5.75 Å². The number of carbonyl (C=O) groups is 1. The Morgan fingerprint density at radius 2 is 1.92 bits per heavy atom. The van der Waals surface area contributed by atoms with Crippen molar-refractivity contribution in [2.24, 2.45) is 0 Å². The molecule has 3 rings (SSSR count). The first-order valence-corrected chi connectivity index (χ1v) is 9.00. The largest absolute Gasteiger partial charge is 0.496 e. The van der Waals surface area contributed by atoms with Crippen LogP contribution in [0.4, 0.5) is 11.4 Å². The third-order valence-electron chi connectivity index (χ3n) is 4.45. The standard InChI is InChI=1S/C19H19BrN4O2/c1-26-18-5-2-13(11-16(18)20)19(25)24-8-6-23(7-9-24)17-4-3-15(22)10-14(17)12-21/h2-5,10-11H,6-9,22H2,1H3. The van der Waals surface area contributed by atoms with Crippen molar-refractivity contribution in [3.05, 3.63) is 52.0 Å². The van der Waals surface area contributed by atoms with Crippen LogP contribution in [-0.2, 0) is 0 Å². The Labute approximate surface area is 160 Å². The average Bonchev–Trinajstić information content (AvgIpc) is 2.67. The van der Waals surface area contributed by atoms with Gasteiger partial charge in [0.15, 0.2) is 0 Å². The zero-order chi connectivity index (χ0) is 18.7. The van der Waals surface area contributed by atoms with Crippen molar-refractivity contribution in [2.75, 3.05) is 43.9 Å². The number of rotatable bonds is 3. The quantitative estimate of drug-likeness (QED) is 0.780. The van der Waals surface area contributed by atoms with Gasteiger partial charge >= 0.3 is 0 Å². The molecule has 0 spiro atoms. The van der Waals surface area contributed by atoms with Crippen molar-refractivity contribution in [1.29, 1.82) is 5.26 Å². The number of hydrogen-bond donors (Lipinski definition) is 1. The smallest absolute Gasteiger partial charge is 0.254 e. The van der Waals surface area contributed by atoms with Crippen LogP contribution in [0.25, 0.3) is 0 Å². The summed E-state index contributed by atoms with van der Waals surface area (Å²) in [5.74, 6) is 0.685. The minimum Gasteiger partial charge on any atom is -0.496 e. The summed E-state index contributed by atoms with van der Waals surface area (Å²) >= 11 is 3.42. The lowest BCUT2D eigenvalue weighted by molar-refractivity contribution is 0.0746. The van der Waals surface area contributed by atoms with E-state index in [0.29, 0.717) is 48.7 Å². The Balaban J connectivity index is 1.70. The Morgan fingerprint density at radius 3 is 2.54 bits per heavy atom. The van der Waals surface area contributed by atoms with Crippen LogP contribution in [0.3, 0.4) is 0 Å². The summed E-state index contributed by atoms with van der Waals surface area (Å²) in [5, 5.41) is 9.32. The molecule has 0 bridgehead atoms. The molecular formula is C19H19BrN4O2. The van der Waals surface area contributed by atoms with Crippen LogP contribution < -0.4 is 15.4 Å². The monoisotopic (exact) mass is 414 g/mol. The van der Waals surface area contributed by atoms with Crippen LogP contribution in [0.15, 0.2) is 40.9 Å². The van der Waals surface area contributed by atoms with Gasteiger partial charge in [0, 0.05) is 37.4 Å². The number of halogens is 1. The predicted octanol–water partition coefficient (Wildman–Crippen LogP) is 2.87. The van der Waals surface area contributed by atoms with Crippen LogP contribution in [0.1, 0.15) is 15.9 Å². The SMILES string of the molecule is COc1ccc(C(=O)N2CCN(c3ccc(N)cc3C#N)CC2)cc1Br. The number of carbonyl (C=O) groups excluding carboxylic acids is 1. The fourth-order valence-corrected chi connectivity index (χ4v) is 3.59. The maximum absolute atomic E-state index is 12.7. The minimum atomic E-state index is -0.00850. The highest BCUT2D eigenvalue weighted by atomic mass is 79.9. The van der Waals surface area contributed by atoms with E-state index in [1.807, 2.05) is 11.0 Å². The molecule has 134 valence electrons. The van der Waals surface area contributed by atoms with Gasteiger partial charge < -0.3 is 20.3 Å². The van der Waals surface area contributed by atoms with E-state index in [9.17, 15) is 10.1 Å². The molecule has 1 aliphatic heterocycles. The lowest BCUT2D eigenvalue weighted by Crippen LogP contribution is -2.49. The fourth-order valence-electron chi connectivity index (χ4n) is 3.05. The average molecular weight is 415 g/mol. The van der Waals surface area contributed by atoms with Crippen molar-refractivity contribution >= 4 is 33.2 Å². The number of hydrogen-bond acceptors (Lipinski definition) is 5. The molecule has 1 fully saturated rings. The topological polar surface area (TPSA) is 82.6 Å². The summed E-state index contributed by atoms with van der Waals surface area (Å²) in [7, 11) is 1.59. The normalized spacial score (nSPS) is 14.0. The number of nitrogen functional groups attached to an aromatic ring is 1. The molecular weight excluding hydrogens is 396 g/mol. The number of amides is 1. The van der Waals surface area contributed by atoms with Crippen LogP contribution in [0.2, 0.25) is 0 Å². The van der Waals surface area contributed by atoms with E-state index in [2.05, 4.69) is 26.9 Å². The first-order chi connectivity index (χ1) is 12.5. The molecule has 0 aliphatic carbocycles. The number of anilines is 2. The lowest BCUT2D eigenvalue weighted by Gasteiger charge is -2.36. The summed E-state index contributed by atoms with van der Waals surface area (Å²) < 4.78 is 5.96. The first-order valence-electron chi connectivity index (χ1n) is 8.21. The van der Waals surface area contributed by atoms with Crippen molar-refractivity contribution in [1.82, 2.24) is 4.90 Å². The minimum absolute atomic E-state index is 0.00850. The van der Waals surface area contributed by atoms with Crippen LogP contribution >= 0.6 is 15.9 Å². The van der Waals surface area contributed by atoms with Crippen molar-refractivity contribution in [3.8, 4) is 11.8 Å². The second kappa shape index (κ2) is 7.67. The third kappa shape index (κ3) is 3.60. The number of nitrogens with two attached hydrogens (primary N) is 1. The fraction of sp³-hybridized carbons (Fsp3) is 0.263. The first kappa shape index (κ1) is 18.1. The van der Waals surface area contributed by atoms with Gasteiger partial charge in [0.2, 0.25) is 0 Å². The van der Waals surface area contributed by atoms with E-state index in [1.54, 1.807) is 37.4 Å². The molecule has 1 amide bonds. The van der Waals surface area contributed by atoms with Gasteiger partial charge in [-0.1, -0.05) is 0 Å². The highest BCUT2D eigenvalue weighted by Gasteiger charge is 2.24. The second-order valence-electron chi connectivity index (χ2n) is 6.02.